The summed E-state index contributed by atoms with van der Waals surface area (Å²) in [5.41, 5.74) is 5.86. The number of hydrogen-bond donors (Lipinski definition) is 2. The van der Waals surface area contributed by atoms with Gasteiger partial charge in [0.2, 0.25) is 11.8 Å². The fraction of sp³-hybridized carbons (Fsp3) is 0.867. The second kappa shape index (κ2) is 8.95. The van der Waals surface area contributed by atoms with Crippen molar-refractivity contribution in [1.29, 1.82) is 0 Å². The molecule has 3 N–H and O–H groups in total. The summed E-state index contributed by atoms with van der Waals surface area (Å²) in [5, 5.41) is 2.95. The van der Waals surface area contributed by atoms with Gasteiger partial charge in [-0.1, -0.05) is 33.1 Å². The van der Waals surface area contributed by atoms with Crippen LogP contribution >= 0.6 is 0 Å². The molecule has 0 bridgehead atoms. The van der Waals surface area contributed by atoms with Gasteiger partial charge in [-0.3, -0.25) is 9.59 Å². The Morgan fingerprint density at radius 3 is 2.70 bits per heavy atom. The molecule has 1 heterocycles. The molecule has 1 aliphatic rings. The molecule has 0 saturated carbocycles. The van der Waals surface area contributed by atoms with Crippen molar-refractivity contribution in [3.05, 3.63) is 0 Å². The summed E-state index contributed by atoms with van der Waals surface area (Å²) in [6.07, 6.45) is 6.41. The minimum Gasteiger partial charge on any atom is -0.354 e. The van der Waals surface area contributed by atoms with Crippen molar-refractivity contribution in [1.82, 2.24) is 10.2 Å². The van der Waals surface area contributed by atoms with Crippen LogP contribution in [0.3, 0.4) is 0 Å². The highest BCUT2D eigenvalue weighted by molar-refractivity contribution is 5.89. The standard InChI is InChI=1S/C15H29N3O2/c1-3-5-10-17-14(19)13-9-7-6-8-11-18(13)15(20)12(16)4-2/h12-13H,3-11,16H2,1-2H3,(H,17,19)/t12-,13?/m0/s1. The highest BCUT2D eigenvalue weighted by Crippen LogP contribution is 2.18. The molecule has 0 aromatic rings. The smallest absolute Gasteiger partial charge is 0.242 e. The van der Waals surface area contributed by atoms with Gasteiger partial charge in [-0.25, -0.2) is 0 Å². The molecule has 1 fully saturated rings. The molecule has 1 aliphatic heterocycles. The molecule has 1 rings (SSSR count). The Bertz CT molecular complexity index is 320. The molecule has 1 saturated heterocycles. The summed E-state index contributed by atoms with van der Waals surface area (Å²) >= 11 is 0. The minimum absolute atomic E-state index is 0.0167. The van der Waals surface area contributed by atoms with Crippen LogP contribution in [0.25, 0.3) is 0 Å². The number of carbonyl (C=O) groups is 2. The van der Waals surface area contributed by atoms with Crippen LogP contribution in [-0.2, 0) is 9.59 Å². The molecule has 1 unspecified atom stereocenters. The third kappa shape index (κ3) is 4.78. The lowest BCUT2D eigenvalue weighted by Gasteiger charge is -2.31. The van der Waals surface area contributed by atoms with Crippen molar-refractivity contribution in [2.45, 2.75) is 70.9 Å². The SMILES string of the molecule is CCCCNC(=O)C1CCCCCN1C(=O)[C@@H](N)CC. The highest BCUT2D eigenvalue weighted by Gasteiger charge is 2.32. The summed E-state index contributed by atoms with van der Waals surface area (Å²) < 4.78 is 0. The number of rotatable bonds is 6. The molecular weight excluding hydrogens is 254 g/mol. The Labute approximate surface area is 122 Å². The van der Waals surface area contributed by atoms with E-state index in [4.69, 9.17) is 5.73 Å². The van der Waals surface area contributed by atoms with Crippen molar-refractivity contribution >= 4 is 11.8 Å². The summed E-state index contributed by atoms with van der Waals surface area (Å²) in [6, 6.07) is -0.821. The quantitative estimate of drug-likeness (QED) is 0.724. The van der Waals surface area contributed by atoms with Crippen LogP contribution in [0.4, 0.5) is 0 Å². The Balaban J connectivity index is 2.70. The summed E-state index contributed by atoms with van der Waals surface area (Å²) in [4.78, 5) is 26.4. The monoisotopic (exact) mass is 283 g/mol. The molecular formula is C15H29N3O2. The van der Waals surface area contributed by atoms with Gasteiger partial charge < -0.3 is 16.0 Å². The maximum atomic E-state index is 12.3. The Hall–Kier alpha value is -1.10. The van der Waals surface area contributed by atoms with Gasteiger partial charge in [-0.15, -0.1) is 0 Å². The first-order valence-electron chi connectivity index (χ1n) is 7.95. The van der Waals surface area contributed by atoms with E-state index in [0.717, 1.165) is 38.5 Å². The fourth-order valence-electron chi connectivity index (χ4n) is 2.54. The van der Waals surface area contributed by atoms with E-state index < -0.39 is 6.04 Å². The van der Waals surface area contributed by atoms with Crippen LogP contribution in [-0.4, -0.2) is 41.9 Å². The third-order valence-corrected chi connectivity index (χ3v) is 3.93. The van der Waals surface area contributed by atoms with E-state index in [2.05, 4.69) is 12.2 Å². The molecule has 0 aromatic heterocycles. The third-order valence-electron chi connectivity index (χ3n) is 3.93. The average Bonchev–Trinajstić information content (AvgIpc) is 2.71. The van der Waals surface area contributed by atoms with Gasteiger partial charge in [0.05, 0.1) is 6.04 Å². The normalized spacial score (nSPS) is 21.1. The zero-order valence-electron chi connectivity index (χ0n) is 12.9. The van der Waals surface area contributed by atoms with Gasteiger partial charge in [0.15, 0.2) is 0 Å². The second-order valence-electron chi connectivity index (χ2n) is 5.56. The zero-order valence-corrected chi connectivity index (χ0v) is 12.9. The van der Waals surface area contributed by atoms with Crippen molar-refractivity contribution in [2.75, 3.05) is 13.1 Å². The molecule has 2 amide bonds. The molecule has 5 heteroatoms. The van der Waals surface area contributed by atoms with Crippen molar-refractivity contribution in [2.24, 2.45) is 5.73 Å². The molecule has 5 nitrogen and oxygen atoms in total. The number of nitrogens with one attached hydrogen (secondary N) is 1. The number of carbonyl (C=O) groups excluding carboxylic acids is 2. The summed E-state index contributed by atoms with van der Waals surface area (Å²) in [5.74, 6) is -0.0953. The second-order valence-corrected chi connectivity index (χ2v) is 5.56. The minimum atomic E-state index is -0.487. The van der Waals surface area contributed by atoms with Gasteiger partial charge in [-0.05, 0) is 25.7 Å². The molecule has 0 aromatic carbocycles. The van der Waals surface area contributed by atoms with Crippen molar-refractivity contribution < 1.29 is 9.59 Å². The number of amides is 2. The van der Waals surface area contributed by atoms with Gasteiger partial charge in [0.1, 0.15) is 6.04 Å². The lowest BCUT2D eigenvalue weighted by Crippen LogP contribution is -2.53. The van der Waals surface area contributed by atoms with Crippen LogP contribution < -0.4 is 11.1 Å². The van der Waals surface area contributed by atoms with E-state index in [1.54, 1.807) is 4.90 Å². The molecule has 116 valence electrons. The van der Waals surface area contributed by atoms with Crippen LogP contribution in [0.2, 0.25) is 0 Å². The lowest BCUT2D eigenvalue weighted by molar-refractivity contribution is -0.141. The Morgan fingerprint density at radius 1 is 1.30 bits per heavy atom. The number of nitrogens with two attached hydrogens (primary N) is 1. The predicted molar refractivity (Wildman–Crippen MR) is 80.2 cm³/mol. The van der Waals surface area contributed by atoms with Gasteiger partial charge in [-0.2, -0.15) is 0 Å². The predicted octanol–water partition coefficient (Wildman–Crippen LogP) is 1.41. The fourth-order valence-corrected chi connectivity index (χ4v) is 2.54. The van der Waals surface area contributed by atoms with Crippen molar-refractivity contribution in [3.63, 3.8) is 0 Å². The topological polar surface area (TPSA) is 75.4 Å². The molecule has 0 spiro atoms. The Morgan fingerprint density at radius 2 is 2.05 bits per heavy atom. The van der Waals surface area contributed by atoms with E-state index in [9.17, 15) is 9.59 Å². The first-order chi connectivity index (χ1) is 9.61. The van der Waals surface area contributed by atoms with E-state index in [-0.39, 0.29) is 17.9 Å². The first-order valence-corrected chi connectivity index (χ1v) is 7.95. The van der Waals surface area contributed by atoms with Gasteiger partial charge in [0.25, 0.3) is 0 Å². The molecule has 0 aliphatic carbocycles. The summed E-state index contributed by atoms with van der Waals surface area (Å²) in [7, 11) is 0. The van der Waals surface area contributed by atoms with E-state index in [0.29, 0.717) is 19.5 Å². The molecule has 20 heavy (non-hydrogen) atoms. The van der Waals surface area contributed by atoms with Crippen molar-refractivity contribution in [3.8, 4) is 0 Å². The summed E-state index contributed by atoms with van der Waals surface area (Å²) in [6.45, 7) is 5.33. The van der Waals surface area contributed by atoms with Gasteiger partial charge >= 0.3 is 0 Å². The van der Waals surface area contributed by atoms with E-state index in [1.165, 1.54) is 0 Å². The maximum Gasteiger partial charge on any atom is 0.242 e. The number of nitrogens with zero attached hydrogens (tertiary/aromatic N) is 1. The molecule has 0 radical (unpaired) electrons. The number of likely N-dealkylation sites (tertiary alicyclic amines) is 1. The number of unbranched alkanes of at least 4 members (excludes halogenated alkanes) is 1. The number of hydrogen-bond acceptors (Lipinski definition) is 3. The van der Waals surface area contributed by atoms with Crippen LogP contribution in [0.5, 0.6) is 0 Å². The highest BCUT2D eigenvalue weighted by atomic mass is 16.2. The maximum absolute atomic E-state index is 12.3. The van der Waals surface area contributed by atoms with E-state index in [1.807, 2.05) is 6.92 Å². The van der Waals surface area contributed by atoms with Crippen LogP contribution in [0, 0.1) is 0 Å². The lowest BCUT2D eigenvalue weighted by atomic mass is 10.1. The van der Waals surface area contributed by atoms with Gasteiger partial charge in [0, 0.05) is 13.1 Å². The largest absolute Gasteiger partial charge is 0.354 e. The van der Waals surface area contributed by atoms with Crippen LogP contribution in [0.1, 0.15) is 58.8 Å². The Kier molecular flexibility index (Phi) is 7.59. The molecule has 2 atom stereocenters. The first kappa shape index (κ1) is 17.0. The van der Waals surface area contributed by atoms with E-state index >= 15 is 0 Å². The average molecular weight is 283 g/mol. The zero-order chi connectivity index (χ0) is 15.0. The van der Waals surface area contributed by atoms with Crippen LogP contribution in [0.15, 0.2) is 0 Å².